The van der Waals surface area contributed by atoms with E-state index in [1.807, 2.05) is 0 Å². The summed E-state index contributed by atoms with van der Waals surface area (Å²) < 4.78 is 39.1. The van der Waals surface area contributed by atoms with Crippen LogP contribution < -0.4 is 0 Å². The highest BCUT2D eigenvalue weighted by Gasteiger charge is 2.31. The maximum Gasteiger partial charge on any atom is 0.317 e. The van der Waals surface area contributed by atoms with Gasteiger partial charge in [0.2, 0.25) is 5.03 Å². The third kappa shape index (κ3) is 3.11. The first-order valence-corrected chi connectivity index (χ1v) is 7.40. The number of nitrogens with zero attached hydrogens (tertiary/aromatic N) is 3. The molecule has 0 aromatic carbocycles. The zero-order valence-corrected chi connectivity index (χ0v) is 11.4. The summed E-state index contributed by atoms with van der Waals surface area (Å²) in [5, 5.41) is 8.08. The Labute approximate surface area is 115 Å². The van der Waals surface area contributed by atoms with Gasteiger partial charge in [0.25, 0.3) is 10.0 Å². The van der Waals surface area contributed by atoms with E-state index >= 15 is 0 Å². The second kappa shape index (κ2) is 5.81. The Morgan fingerprint density at radius 2 is 2.00 bits per heavy atom. The van der Waals surface area contributed by atoms with Gasteiger partial charge in [-0.1, -0.05) is 0 Å². The lowest BCUT2D eigenvalue weighted by molar-refractivity contribution is -0.138. The summed E-state index contributed by atoms with van der Waals surface area (Å²) in [5.41, 5.74) is 0. The minimum atomic E-state index is -3.97. The van der Waals surface area contributed by atoms with E-state index in [0.29, 0.717) is 13.1 Å². The molecule has 110 valence electrons. The van der Waals surface area contributed by atoms with E-state index in [0.717, 1.165) is 10.4 Å². The summed E-state index contributed by atoms with van der Waals surface area (Å²) in [6.07, 6.45) is 1.22. The summed E-state index contributed by atoms with van der Waals surface area (Å²) in [5.74, 6) is -1.85. The number of pyridine rings is 1. The molecule has 1 saturated heterocycles. The van der Waals surface area contributed by atoms with E-state index < -0.39 is 26.8 Å². The van der Waals surface area contributed by atoms with E-state index in [1.54, 1.807) is 4.90 Å². The molecule has 0 spiro atoms. The van der Waals surface area contributed by atoms with Crippen molar-refractivity contribution >= 4 is 16.0 Å². The van der Waals surface area contributed by atoms with Gasteiger partial charge in [-0.25, -0.2) is 17.8 Å². The fourth-order valence-corrected chi connectivity index (χ4v) is 3.40. The molecule has 1 aliphatic rings. The monoisotopic (exact) mass is 303 g/mol. The second-order valence-electron chi connectivity index (χ2n) is 4.36. The molecular formula is C11H14FN3O4S. The first kappa shape index (κ1) is 14.8. The lowest BCUT2D eigenvalue weighted by Gasteiger charge is -2.32. The first-order valence-electron chi connectivity index (χ1n) is 5.96. The minimum Gasteiger partial charge on any atom is -0.480 e. The highest BCUT2D eigenvalue weighted by molar-refractivity contribution is 7.89. The molecule has 1 aromatic heterocycles. The fraction of sp³-hybridized carbons (Fsp3) is 0.455. The van der Waals surface area contributed by atoms with Crippen molar-refractivity contribution in [2.75, 3.05) is 32.7 Å². The lowest BCUT2D eigenvalue weighted by atomic mass is 10.3. The quantitative estimate of drug-likeness (QED) is 0.815. The maximum absolute atomic E-state index is 13.5. The number of rotatable bonds is 4. The van der Waals surface area contributed by atoms with Gasteiger partial charge in [-0.15, -0.1) is 0 Å². The normalized spacial score (nSPS) is 18.1. The van der Waals surface area contributed by atoms with Gasteiger partial charge in [0.1, 0.15) is 0 Å². The van der Waals surface area contributed by atoms with Crippen LogP contribution >= 0.6 is 0 Å². The molecule has 20 heavy (non-hydrogen) atoms. The smallest absolute Gasteiger partial charge is 0.317 e. The van der Waals surface area contributed by atoms with Crippen LogP contribution in [0, 0.1) is 5.82 Å². The van der Waals surface area contributed by atoms with Gasteiger partial charge in [-0.2, -0.15) is 4.31 Å². The van der Waals surface area contributed by atoms with Crippen molar-refractivity contribution in [2.24, 2.45) is 0 Å². The fourth-order valence-electron chi connectivity index (χ4n) is 2.00. The Bertz CT molecular complexity index is 599. The summed E-state index contributed by atoms with van der Waals surface area (Å²) in [7, 11) is -3.97. The molecule has 9 heteroatoms. The molecule has 0 unspecified atom stereocenters. The zero-order chi connectivity index (χ0) is 14.8. The predicted octanol–water partition coefficient (Wildman–Crippen LogP) is -0.388. The number of sulfonamides is 1. The number of halogens is 1. The SMILES string of the molecule is O=C(O)CN1CCN(S(=O)(=O)c2ncccc2F)CC1. The average Bonchev–Trinajstić information content (AvgIpc) is 2.39. The van der Waals surface area contributed by atoms with Gasteiger partial charge in [0.15, 0.2) is 5.82 Å². The highest BCUT2D eigenvalue weighted by Crippen LogP contribution is 2.17. The molecule has 1 fully saturated rings. The number of aliphatic carboxylic acids is 1. The molecule has 0 bridgehead atoms. The molecule has 2 rings (SSSR count). The van der Waals surface area contributed by atoms with Crippen molar-refractivity contribution in [3.8, 4) is 0 Å². The van der Waals surface area contributed by atoms with Gasteiger partial charge in [0, 0.05) is 32.4 Å². The second-order valence-corrected chi connectivity index (χ2v) is 6.22. The Hall–Kier alpha value is -1.58. The minimum absolute atomic E-state index is 0.117. The summed E-state index contributed by atoms with van der Waals surface area (Å²) in [6, 6.07) is 2.36. The Kier molecular flexibility index (Phi) is 4.31. The third-order valence-electron chi connectivity index (χ3n) is 3.00. The number of carboxylic acid groups (broad SMARTS) is 1. The van der Waals surface area contributed by atoms with Gasteiger partial charge < -0.3 is 5.11 Å². The molecule has 0 amide bonds. The van der Waals surface area contributed by atoms with Crippen LogP contribution in [0.15, 0.2) is 23.4 Å². The molecule has 1 aliphatic heterocycles. The third-order valence-corrected chi connectivity index (χ3v) is 4.83. The van der Waals surface area contributed by atoms with Crippen molar-refractivity contribution in [3.05, 3.63) is 24.1 Å². The van der Waals surface area contributed by atoms with Crippen molar-refractivity contribution in [1.29, 1.82) is 0 Å². The molecule has 0 atom stereocenters. The van der Waals surface area contributed by atoms with E-state index in [9.17, 15) is 17.6 Å². The standard InChI is InChI=1S/C11H14FN3O4S/c12-9-2-1-3-13-11(9)20(18,19)15-6-4-14(5-7-15)8-10(16)17/h1-3H,4-8H2,(H,16,17). The maximum atomic E-state index is 13.5. The molecule has 1 N–H and O–H groups in total. The topological polar surface area (TPSA) is 90.8 Å². The Balaban J connectivity index is 2.10. The number of hydrogen-bond donors (Lipinski definition) is 1. The van der Waals surface area contributed by atoms with Crippen molar-refractivity contribution < 1.29 is 22.7 Å². The molecule has 7 nitrogen and oxygen atoms in total. The zero-order valence-electron chi connectivity index (χ0n) is 10.6. The predicted molar refractivity (Wildman–Crippen MR) is 67.0 cm³/mol. The largest absolute Gasteiger partial charge is 0.480 e. The van der Waals surface area contributed by atoms with Crippen LogP contribution in [0.25, 0.3) is 0 Å². The molecule has 0 radical (unpaired) electrons. The molecule has 2 heterocycles. The van der Waals surface area contributed by atoms with Crippen LogP contribution in [-0.4, -0.2) is 66.4 Å². The van der Waals surface area contributed by atoms with Crippen LogP contribution in [0.5, 0.6) is 0 Å². The van der Waals surface area contributed by atoms with Crippen LogP contribution in [0.3, 0.4) is 0 Å². The van der Waals surface area contributed by atoms with Crippen LogP contribution in [0.1, 0.15) is 0 Å². The van der Waals surface area contributed by atoms with Crippen LogP contribution in [0.4, 0.5) is 4.39 Å². The summed E-state index contributed by atoms with van der Waals surface area (Å²) >= 11 is 0. The number of hydrogen-bond acceptors (Lipinski definition) is 5. The summed E-state index contributed by atoms with van der Waals surface area (Å²) in [4.78, 5) is 15.8. The van der Waals surface area contributed by atoms with Gasteiger partial charge in [-0.05, 0) is 12.1 Å². The van der Waals surface area contributed by atoms with E-state index in [1.165, 1.54) is 12.3 Å². The lowest BCUT2D eigenvalue weighted by Crippen LogP contribution is -2.50. The number of aromatic nitrogens is 1. The first-order chi connectivity index (χ1) is 9.41. The van der Waals surface area contributed by atoms with Crippen molar-refractivity contribution in [2.45, 2.75) is 5.03 Å². The van der Waals surface area contributed by atoms with Crippen LogP contribution in [-0.2, 0) is 14.8 Å². The van der Waals surface area contributed by atoms with Crippen molar-refractivity contribution in [1.82, 2.24) is 14.2 Å². The van der Waals surface area contributed by atoms with Gasteiger partial charge >= 0.3 is 5.97 Å². The number of piperazine rings is 1. The highest BCUT2D eigenvalue weighted by atomic mass is 32.2. The molecule has 1 aromatic rings. The number of carbonyl (C=O) groups is 1. The Morgan fingerprint density at radius 3 is 2.55 bits per heavy atom. The van der Waals surface area contributed by atoms with Gasteiger partial charge in [-0.3, -0.25) is 9.69 Å². The van der Waals surface area contributed by atoms with Gasteiger partial charge in [0.05, 0.1) is 6.54 Å². The van der Waals surface area contributed by atoms with E-state index in [2.05, 4.69) is 4.98 Å². The van der Waals surface area contributed by atoms with E-state index in [-0.39, 0.29) is 19.6 Å². The molecule has 0 saturated carbocycles. The van der Waals surface area contributed by atoms with E-state index in [4.69, 9.17) is 5.11 Å². The average molecular weight is 303 g/mol. The summed E-state index contributed by atoms with van der Waals surface area (Å²) in [6.45, 7) is 0.684. The molecular weight excluding hydrogens is 289 g/mol. The molecule has 0 aliphatic carbocycles. The van der Waals surface area contributed by atoms with Crippen LogP contribution in [0.2, 0.25) is 0 Å². The Morgan fingerprint density at radius 1 is 1.35 bits per heavy atom. The van der Waals surface area contributed by atoms with Crippen molar-refractivity contribution in [3.63, 3.8) is 0 Å². The number of carboxylic acids is 1.